The van der Waals surface area contributed by atoms with Crippen molar-refractivity contribution in [3.63, 3.8) is 0 Å². The lowest BCUT2D eigenvalue weighted by molar-refractivity contribution is -0.137. The molecule has 170 valence electrons. The molecule has 0 bridgehead atoms. The molecule has 1 N–H and O–H groups in total. The maximum atomic E-state index is 12.6. The number of hydrogen-bond acceptors (Lipinski definition) is 7. The number of carbonyl (C=O) groups excluding carboxylic acids is 1. The van der Waals surface area contributed by atoms with Gasteiger partial charge in [0.2, 0.25) is 5.91 Å². The first kappa shape index (κ1) is 22.6. The van der Waals surface area contributed by atoms with Crippen LogP contribution in [-0.2, 0) is 20.8 Å². The summed E-state index contributed by atoms with van der Waals surface area (Å²) in [5, 5.41) is 7.90. The Morgan fingerprint density at radius 1 is 1.34 bits per heavy atom. The fourth-order valence-corrected chi connectivity index (χ4v) is 4.17. The molecule has 4 heterocycles. The molecule has 10 heteroatoms. The molecule has 0 aliphatic carbocycles. The van der Waals surface area contributed by atoms with Crippen LogP contribution >= 0.6 is 15.9 Å². The van der Waals surface area contributed by atoms with Crippen LogP contribution in [0, 0.1) is 0 Å². The molecule has 3 aromatic rings. The number of pyridine rings is 1. The maximum Gasteiger partial charge on any atom is 0.248 e. The number of amides is 1. The molecule has 3 aromatic heterocycles. The number of aromatic nitrogens is 4. The van der Waals surface area contributed by atoms with Gasteiger partial charge in [0.25, 0.3) is 0 Å². The Hall–Kier alpha value is -2.56. The molecular weight excluding hydrogens is 476 g/mol. The van der Waals surface area contributed by atoms with Crippen molar-refractivity contribution in [2.24, 2.45) is 0 Å². The number of ether oxygens (including phenoxy) is 2. The van der Waals surface area contributed by atoms with Gasteiger partial charge in [-0.3, -0.25) is 9.78 Å². The minimum absolute atomic E-state index is 0.00680. The third-order valence-electron chi connectivity index (χ3n) is 5.49. The molecule has 1 aliphatic rings. The standard InChI is InChI=1S/C22H27BrN6O3/c1-31-8-9-32-15-21(30)28-7-3-5-17(14-28)19-10-20(25-12-16-4-2-6-24-11-16)29-22(27-19)18(23)13-26-29/h2,4,6,10-11,13,17,25H,3,5,7-9,12,14-15H2,1H3. The van der Waals surface area contributed by atoms with Crippen LogP contribution in [0.25, 0.3) is 5.65 Å². The fraction of sp³-hybridized carbons (Fsp3) is 0.455. The molecule has 1 saturated heterocycles. The lowest BCUT2D eigenvalue weighted by Crippen LogP contribution is -2.41. The van der Waals surface area contributed by atoms with Crippen LogP contribution in [0.15, 0.2) is 41.3 Å². The van der Waals surface area contributed by atoms with Crippen molar-refractivity contribution in [3.8, 4) is 0 Å². The molecule has 1 amide bonds. The Labute approximate surface area is 195 Å². The van der Waals surface area contributed by atoms with Gasteiger partial charge in [-0.1, -0.05) is 6.07 Å². The van der Waals surface area contributed by atoms with Crippen molar-refractivity contribution >= 4 is 33.3 Å². The number of methoxy groups -OCH3 is 1. The zero-order valence-corrected chi connectivity index (χ0v) is 19.6. The van der Waals surface area contributed by atoms with Crippen LogP contribution in [0.4, 0.5) is 5.82 Å². The summed E-state index contributed by atoms with van der Waals surface area (Å²) in [6.45, 7) is 2.97. The summed E-state index contributed by atoms with van der Waals surface area (Å²) in [6.07, 6.45) is 7.25. The van der Waals surface area contributed by atoms with E-state index in [2.05, 4.69) is 31.3 Å². The monoisotopic (exact) mass is 502 g/mol. The molecule has 32 heavy (non-hydrogen) atoms. The number of hydrogen-bond donors (Lipinski definition) is 1. The summed E-state index contributed by atoms with van der Waals surface area (Å²) in [5.74, 6) is 1.01. The van der Waals surface area contributed by atoms with E-state index in [-0.39, 0.29) is 18.4 Å². The van der Waals surface area contributed by atoms with Gasteiger partial charge in [0.05, 0.1) is 29.6 Å². The Morgan fingerprint density at radius 3 is 3.06 bits per heavy atom. The van der Waals surface area contributed by atoms with E-state index in [4.69, 9.17) is 14.5 Å². The zero-order valence-electron chi connectivity index (χ0n) is 18.0. The first-order valence-corrected chi connectivity index (χ1v) is 11.5. The molecule has 9 nitrogen and oxygen atoms in total. The number of nitrogens with zero attached hydrogens (tertiary/aromatic N) is 5. The Bertz CT molecular complexity index is 1040. The number of anilines is 1. The normalized spacial score (nSPS) is 16.4. The van der Waals surface area contributed by atoms with Gasteiger partial charge in [0.15, 0.2) is 5.65 Å². The van der Waals surface area contributed by atoms with E-state index in [0.29, 0.717) is 26.3 Å². The minimum atomic E-state index is 0.00680. The molecule has 0 radical (unpaired) electrons. The zero-order chi connectivity index (χ0) is 22.3. The van der Waals surface area contributed by atoms with Crippen molar-refractivity contribution in [2.75, 3.05) is 45.3 Å². The molecular formula is C22H27BrN6O3. The summed E-state index contributed by atoms with van der Waals surface area (Å²) in [6, 6.07) is 5.98. The van der Waals surface area contributed by atoms with Gasteiger partial charge in [0.1, 0.15) is 12.4 Å². The third-order valence-corrected chi connectivity index (χ3v) is 6.05. The SMILES string of the molecule is COCCOCC(=O)N1CCCC(c2cc(NCc3cccnc3)n3ncc(Br)c3n2)C1. The summed E-state index contributed by atoms with van der Waals surface area (Å²) < 4.78 is 13.0. The van der Waals surface area contributed by atoms with E-state index in [1.165, 1.54) is 0 Å². The molecule has 1 atom stereocenters. The van der Waals surface area contributed by atoms with E-state index in [1.54, 1.807) is 24.0 Å². The van der Waals surface area contributed by atoms with Crippen molar-refractivity contribution in [1.82, 2.24) is 24.5 Å². The summed E-state index contributed by atoms with van der Waals surface area (Å²) in [4.78, 5) is 23.5. The summed E-state index contributed by atoms with van der Waals surface area (Å²) in [5.41, 5.74) is 2.78. The van der Waals surface area contributed by atoms with E-state index in [9.17, 15) is 4.79 Å². The minimum Gasteiger partial charge on any atom is -0.382 e. The Morgan fingerprint density at radius 2 is 2.25 bits per heavy atom. The van der Waals surface area contributed by atoms with E-state index in [0.717, 1.165) is 46.6 Å². The van der Waals surface area contributed by atoms with Crippen LogP contribution < -0.4 is 5.32 Å². The van der Waals surface area contributed by atoms with Crippen LogP contribution in [0.5, 0.6) is 0 Å². The van der Waals surface area contributed by atoms with Gasteiger partial charge in [-0.2, -0.15) is 9.61 Å². The molecule has 0 spiro atoms. The van der Waals surface area contributed by atoms with E-state index >= 15 is 0 Å². The van der Waals surface area contributed by atoms with Crippen molar-refractivity contribution in [2.45, 2.75) is 25.3 Å². The van der Waals surface area contributed by atoms with Crippen molar-refractivity contribution < 1.29 is 14.3 Å². The lowest BCUT2D eigenvalue weighted by atomic mass is 9.94. The Kier molecular flexibility index (Phi) is 7.67. The highest BCUT2D eigenvalue weighted by Crippen LogP contribution is 2.30. The number of piperidine rings is 1. The van der Waals surface area contributed by atoms with Gasteiger partial charge in [-0.25, -0.2) is 4.98 Å². The van der Waals surface area contributed by atoms with Crippen LogP contribution in [-0.4, -0.2) is 70.4 Å². The number of nitrogens with one attached hydrogen (secondary N) is 1. The maximum absolute atomic E-state index is 12.6. The lowest BCUT2D eigenvalue weighted by Gasteiger charge is -2.32. The van der Waals surface area contributed by atoms with Crippen LogP contribution in [0.1, 0.15) is 30.0 Å². The second kappa shape index (κ2) is 10.8. The average Bonchev–Trinajstić information content (AvgIpc) is 3.21. The smallest absolute Gasteiger partial charge is 0.248 e. The number of carbonyl (C=O) groups is 1. The number of fused-ring (bicyclic) bond motifs is 1. The van der Waals surface area contributed by atoms with Gasteiger partial charge in [0, 0.05) is 51.1 Å². The molecule has 1 fully saturated rings. The van der Waals surface area contributed by atoms with Crippen molar-refractivity contribution in [1.29, 1.82) is 0 Å². The largest absolute Gasteiger partial charge is 0.382 e. The summed E-state index contributed by atoms with van der Waals surface area (Å²) in [7, 11) is 1.61. The fourth-order valence-electron chi connectivity index (χ4n) is 3.82. The first-order chi connectivity index (χ1) is 15.7. The molecule has 1 unspecified atom stereocenters. The van der Waals surface area contributed by atoms with Crippen molar-refractivity contribution in [3.05, 3.63) is 52.5 Å². The van der Waals surface area contributed by atoms with Crippen LogP contribution in [0.2, 0.25) is 0 Å². The highest BCUT2D eigenvalue weighted by molar-refractivity contribution is 9.10. The Balaban J connectivity index is 1.50. The highest BCUT2D eigenvalue weighted by Gasteiger charge is 2.27. The number of likely N-dealkylation sites (tertiary alicyclic amines) is 1. The van der Waals surface area contributed by atoms with Gasteiger partial charge in [-0.15, -0.1) is 0 Å². The molecule has 1 aliphatic heterocycles. The quantitative estimate of drug-likeness (QED) is 0.449. The third kappa shape index (κ3) is 5.43. The predicted molar refractivity (Wildman–Crippen MR) is 124 cm³/mol. The molecule has 0 aromatic carbocycles. The van der Waals surface area contributed by atoms with E-state index < -0.39 is 0 Å². The molecule has 4 rings (SSSR count). The van der Waals surface area contributed by atoms with Crippen LogP contribution in [0.3, 0.4) is 0 Å². The second-order valence-electron chi connectivity index (χ2n) is 7.73. The topological polar surface area (TPSA) is 93.9 Å². The van der Waals surface area contributed by atoms with Gasteiger partial charge >= 0.3 is 0 Å². The molecule has 0 saturated carbocycles. The van der Waals surface area contributed by atoms with Gasteiger partial charge < -0.3 is 19.7 Å². The first-order valence-electron chi connectivity index (χ1n) is 10.7. The number of halogens is 1. The summed E-state index contributed by atoms with van der Waals surface area (Å²) >= 11 is 3.56. The second-order valence-corrected chi connectivity index (χ2v) is 8.59. The van der Waals surface area contributed by atoms with Gasteiger partial charge in [-0.05, 0) is 40.4 Å². The van der Waals surface area contributed by atoms with E-state index in [1.807, 2.05) is 29.3 Å². The average molecular weight is 503 g/mol. The predicted octanol–water partition coefficient (Wildman–Crippen LogP) is 2.87. The highest BCUT2D eigenvalue weighted by atomic mass is 79.9. The number of rotatable bonds is 9.